The molecule has 5 rings (SSSR count). The van der Waals surface area contributed by atoms with Crippen molar-refractivity contribution in [2.75, 3.05) is 0 Å². The Morgan fingerprint density at radius 3 is 1.21 bits per heavy atom. The molecule has 0 atom stereocenters. The van der Waals surface area contributed by atoms with Crippen LogP contribution in [0.5, 0.6) is 0 Å². The zero-order chi connectivity index (χ0) is 13.0. The zero-order valence-corrected chi connectivity index (χ0v) is 9.84. The molecule has 0 saturated carbocycles. The highest BCUT2D eigenvalue weighted by Gasteiger charge is 2.15. The van der Waals surface area contributed by atoms with Crippen LogP contribution in [0.2, 0.25) is 0 Å². The largest absolute Gasteiger partial charge is 0.386 e. The van der Waals surface area contributed by atoms with Crippen molar-refractivity contribution in [3.63, 3.8) is 0 Å². The topological polar surface area (TPSA) is 47.3 Å². The molecule has 0 radical (unpaired) electrons. The summed E-state index contributed by atoms with van der Waals surface area (Å²) in [6, 6.07) is 14.8. The molecule has 0 saturated heterocycles. The molecule has 0 aliphatic rings. The standard InChI is InChI=1S/C16H8O3/c17-15-13-9-5-1-2-6-10(9)14(16(18)19-15)12-8-4-3-7-11(12)13/h1-8H. The molecule has 0 fully saturated rings. The third-order valence-corrected chi connectivity index (χ3v) is 3.53. The summed E-state index contributed by atoms with van der Waals surface area (Å²) >= 11 is 0. The lowest BCUT2D eigenvalue weighted by atomic mass is 9.97. The molecule has 3 nitrogen and oxygen atoms in total. The first-order valence-electron chi connectivity index (χ1n) is 5.97. The van der Waals surface area contributed by atoms with Gasteiger partial charge >= 0.3 is 11.3 Å². The summed E-state index contributed by atoms with van der Waals surface area (Å²) in [5.74, 6) is 0. The van der Waals surface area contributed by atoms with Crippen LogP contribution in [-0.2, 0) is 0 Å². The average molecular weight is 248 g/mol. The van der Waals surface area contributed by atoms with E-state index in [9.17, 15) is 9.59 Å². The van der Waals surface area contributed by atoms with Crippen LogP contribution < -0.4 is 11.3 Å². The first kappa shape index (κ1) is 10.3. The molecule has 5 aromatic rings. The summed E-state index contributed by atoms with van der Waals surface area (Å²) in [6.45, 7) is 0. The lowest BCUT2D eigenvalue weighted by Crippen LogP contribution is -2.02. The van der Waals surface area contributed by atoms with Crippen LogP contribution in [0.1, 0.15) is 0 Å². The van der Waals surface area contributed by atoms with Crippen molar-refractivity contribution in [3.8, 4) is 0 Å². The number of fused-ring (bicyclic) bond motifs is 2. The van der Waals surface area contributed by atoms with Gasteiger partial charge in [-0.2, -0.15) is 0 Å². The fourth-order valence-electron chi connectivity index (χ4n) is 2.75. The SMILES string of the molecule is O=c1oc(=O)c2c3ccccc3c1c1ccccc12. The van der Waals surface area contributed by atoms with Crippen molar-refractivity contribution in [3.05, 3.63) is 69.4 Å². The van der Waals surface area contributed by atoms with E-state index in [-0.39, 0.29) is 0 Å². The Labute approximate surface area is 107 Å². The maximum absolute atomic E-state index is 12.1. The maximum atomic E-state index is 12.1. The highest BCUT2D eigenvalue weighted by Crippen LogP contribution is 2.31. The lowest BCUT2D eigenvalue weighted by molar-refractivity contribution is 0.492. The van der Waals surface area contributed by atoms with Gasteiger partial charge in [0.05, 0.1) is 10.8 Å². The van der Waals surface area contributed by atoms with Crippen LogP contribution in [0.3, 0.4) is 0 Å². The van der Waals surface area contributed by atoms with Crippen LogP contribution in [0.25, 0.3) is 32.3 Å². The van der Waals surface area contributed by atoms with Crippen molar-refractivity contribution in [2.24, 2.45) is 0 Å². The Morgan fingerprint density at radius 1 is 0.579 bits per heavy atom. The molecule has 0 unspecified atom stereocenters. The maximum Gasteiger partial charge on any atom is 0.347 e. The summed E-state index contributed by atoms with van der Waals surface area (Å²) in [5.41, 5.74) is -1.14. The monoisotopic (exact) mass is 248 g/mol. The second kappa shape index (κ2) is 3.42. The minimum Gasteiger partial charge on any atom is -0.386 e. The fraction of sp³-hybridized carbons (Fsp3) is 0. The number of rotatable bonds is 0. The van der Waals surface area contributed by atoms with E-state index in [1.165, 1.54) is 0 Å². The molecule has 19 heavy (non-hydrogen) atoms. The van der Waals surface area contributed by atoms with Crippen molar-refractivity contribution >= 4 is 32.3 Å². The minimum absolute atomic E-state index is 0.473. The van der Waals surface area contributed by atoms with Gasteiger partial charge in [-0.3, -0.25) is 0 Å². The van der Waals surface area contributed by atoms with Gasteiger partial charge in [0.15, 0.2) is 0 Å². The summed E-state index contributed by atoms with van der Waals surface area (Å²) in [6.07, 6.45) is 0. The first-order valence-corrected chi connectivity index (χ1v) is 5.97. The van der Waals surface area contributed by atoms with Gasteiger partial charge in [-0.05, 0) is 21.5 Å². The Balaban J connectivity index is 2.66. The van der Waals surface area contributed by atoms with E-state index in [0.717, 1.165) is 21.5 Å². The predicted molar refractivity (Wildman–Crippen MR) is 75.0 cm³/mol. The molecular weight excluding hydrogens is 240 g/mol. The van der Waals surface area contributed by atoms with Gasteiger partial charge in [-0.1, -0.05) is 48.5 Å². The van der Waals surface area contributed by atoms with E-state index in [1.807, 2.05) is 48.5 Å². The molecule has 0 aliphatic carbocycles. The molecule has 3 aromatic carbocycles. The van der Waals surface area contributed by atoms with Gasteiger partial charge in [-0.25, -0.2) is 9.59 Å². The van der Waals surface area contributed by atoms with Crippen LogP contribution in [0.4, 0.5) is 0 Å². The van der Waals surface area contributed by atoms with Crippen LogP contribution >= 0.6 is 0 Å². The van der Waals surface area contributed by atoms with Crippen LogP contribution in [0.15, 0.2) is 62.5 Å². The summed E-state index contributed by atoms with van der Waals surface area (Å²) in [4.78, 5) is 24.2. The third kappa shape index (κ3) is 1.21. The van der Waals surface area contributed by atoms with Crippen molar-refractivity contribution in [1.82, 2.24) is 0 Å². The van der Waals surface area contributed by atoms with Gasteiger partial charge in [0.2, 0.25) is 0 Å². The number of hydrogen-bond acceptors (Lipinski definition) is 3. The molecule has 2 bridgehead atoms. The predicted octanol–water partition coefficient (Wildman–Crippen LogP) is 2.90. The average Bonchev–Trinajstić information content (AvgIpc) is 2.61. The second-order valence-corrected chi connectivity index (χ2v) is 4.52. The molecule has 0 aliphatic heterocycles. The fourth-order valence-corrected chi connectivity index (χ4v) is 2.75. The van der Waals surface area contributed by atoms with E-state index >= 15 is 0 Å². The van der Waals surface area contributed by atoms with Crippen molar-refractivity contribution in [2.45, 2.75) is 0 Å². The van der Waals surface area contributed by atoms with Crippen LogP contribution in [-0.4, -0.2) is 0 Å². The van der Waals surface area contributed by atoms with Gasteiger partial charge in [0.1, 0.15) is 0 Å². The Bertz CT molecular complexity index is 901. The molecule has 2 heterocycles. The van der Waals surface area contributed by atoms with E-state index in [2.05, 4.69) is 0 Å². The smallest absolute Gasteiger partial charge is 0.347 e. The van der Waals surface area contributed by atoms with Crippen molar-refractivity contribution < 1.29 is 4.42 Å². The highest BCUT2D eigenvalue weighted by molar-refractivity contribution is 6.24. The normalized spacial score (nSPS) is 11.6. The summed E-state index contributed by atoms with van der Waals surface area (Å²) in [5, 5.41) is 4.03. The third-order valence-electron chi connectivity index (χ3n) is 3.53. The Hall–Kier alpha value is -2.68. The Morgan fingerprint density at radius 2 is 0.895 bits per heavy atom. The molecule has 90 valence electrons. The van der Waals surface area contributed by atoms with Gasteiger partial charge < -0.3 is 4.42 Å². The first-order chi connectivity index (χ1) is 9.27. The van der Waals surface area contributed by atoms with Gasteiger partial charge in [-0.15, -0.1) is 0 Å². The van der Waals surface area contributed by atoms with E-state index in [0.29, 0.717) is 10.8 Å². The van der Waals surface area contributed by atoms with Gasteiger partial charge in [0.25, 0.3) is 0 Å². The number of benzene rings is 3. The Kier molecular flexibility index (Phi) is 1.85. The van der Waals surface area contributed by atoms with Crippen molar-refractivity contribution in [1.29, 1.82) is 0 Å². The molecule has 0 amide bonds. The highest BCUT2D eigenvalue weighted by atomic mass is 16.4. The lowest BCUT2D eigenvalue weighted by Gasteiger charge is -2.03. The van der Waals surface area contributed by atoms with E-state index in [1.54, 1.807) is 0 Å². The second-order valence-electron chi connectivity index (χ2n) is 4.52. The minimum atomic E-state index is -0.572. The molecule has 2 aromatic heterocycles. The molecular formula is C16H8O3. The molecule has 3 heteroatoms. The van der Waals surface area contributed by atoms with Gasteiger partial charge in [0, 0.05) is 0 Å². The quantitative estimate of drug-likeness (QED) is 0.449. The summed E-state index contributed by atoms with van der Waals surface area (Å²) in [7, 11) is 0. The zero-order valence-electron chi connectivity index (χ0n) is 9.84. The van der Waals surface area contributed by atoms with E-state index in [4.69, 9.17) is 4.42 Å². The van der Waals surface area contributed by atoms with E-state index < -0.39 is 11.3 Å². The summed E-state index contributed by atoms with van der Waals surface area (Å²) < 4.78 is 4.91. The molecule has 0 spiro atoms. The number of hydrogen-bond donors (Lipinski definition) is 0. The van der Waals surface area contributed by atoms with Crippen LogP contribution in [0, 0.1) is 0 Å². The molecule has 0 N–H and O–H groups in total.